The molecule has 142 valence electrons. The molecule has 25 heavy (non-hydrogen) atoms. The first-order valence-electron chi connectivity index (χ1n) is 11.6. The molecule has 0 bridgehead atoms. The average Bonchev–Trinajstić information content (AvgIpc) is 3.27. The van der Waals surface area contributed by atoms with Gasteiger partial charge in [0, 0.05) is 6.61 Å². The monoisotopic (exact) mass is 344 g/mol. The Hall–Kier alpha value is -0.0400. The van der Waals surface area contributed by atoms with Gasteiger partial charge in [-0.25, -0.2) is 0 Å². The Bertz CT molecular complexity index is 522. The molecule has 1 heteroatoms. The molecule has 5 fully saturated rings. The van der Waals surface area contributed by atoms with Crippen molar-refractivity contribution in [1.29, 1.82) is 0 Å². The van der Waals surface area contributed by atoms with Gasteiger partial charge in [-0.2, -0.15) is 0 Å². The van der Waals surface area contributed by atoms with E-state index in [1.165, 1.54) is 32.1 Å². The summed E-state index contributed by atoms with van der Waals surface area (Å²) in [4.78, 5) is 0. The van der Waals surface area contributed by atoms with Gasteiger partial charge in [0.1, 0.15) is 0 Å². The number of aliphatic hydroxyl groups is 1. The zero-order valence-corrected chi connectivity index (χ0v) is 16.7. The molecule has 1 spiro atoms. The Morgan fingerprint density at radius 2 is 1.56 bits per heavy atom. The third kappa shape index (κ3) is 2.43. The number of fused-ring (bicyclic) bond motifs is 5. The normalized spacial score (nSPS) is 53.2. The maximum absolute atomic E-state index is 9.30. The SMILES string of the molecule is C[C@]12CC[C@H]3[C@@H](CCC4CC5(CC5)CC[C@@]43C)[C@@H]1CC[C@H]2CCCO. The Morgan fingerprint density at radius 3 is 2.32 bits per heavy atom. The maximum atomic E-state index is 9.30. The summed E-state index contributed by atoms with van der Waals surface area (Å²) in [6, 6.07) is 0. The van der Waals surface area contributed by atoms with E-state index in [1.807, 2.05) is 0 Å². The van der Waals surface area contributed by atoms with E-state index in [2.05, 4.69) is 13.8 Å². The van der Waals surface area contributed by atoms with Gasteiger partial charge in [-0.15, -0.1) is 0 Å². The van der Waals surface area contributed by atoms with Crippen LogP contribution < -0.4 is 0 Å². The first-order chi connectivity index (χ1) is 12.0. The lowest BCUT2D eigenvalue weighted by molar-refractivity contribution is -0.121. The van der Waals surface area contributed by atoms with Crippen LogP contribution >= 0.6 is 0 Å². The van der Waals surface area contributed by atoms with Crippen molar-refractivity contribution in [3.8, 4) is 0 Å². The zero-order chi connectivity index (χ0) is 17.3. The van der Waals surface area contributed by atoms with Crippen molar-refractivity contribution in [3.63, 3.8) is 0 Å². The molecule has 0 aromatic heterocycles. The number of aliphatic hydroxyl groups excluding tert-OH is 1. The van der Waals surface area contributed by atoms with Gasteiger partial charge in [0.2, 0.25) is 0 Å². The van der Waals surface area contributed by atoms with Crippen LogP contribution in [0.4, 0.5) is 0 Å². The van der Waals surface area contributed by atoms with Crippen LogP contribution in [-0.4, -0.2) is 11.7 Å². The third-order valence-electron chi connectivity index (χ3n) is 10.8. The number of hydrogen-bond acceptors (Lipinski definition) is 1. The smallest absolute Gasteiger partial charge is 0.0431 e. The quantitative estimate of drug-likeness (QED) is 0.646. The second-order valence-corrected chi connectivity index (χ2v) is 11.5. The second kappa shape index (κ2) is 5.73. The van der Waals surface area contributed by atoms with Gasteiger partial charge in [-0.3, -0.25) is 0 Å². The number of hydrogen-bond donors (Lipinski definition) is 1. The Morgan fingerprint density at radius 1 is 0.800 bits per heavy atom. The summed E-state index contributed by atoms with van der Waals surface area (Å²) < 4.78 is 0. The lowest BCUT2D eigenvalue weighted by atomic mass is 9.44. The molecular weight excluding hydrogens is 304 g/mol. The zero-order valence-electron chi connectivity index (χ0n) is 16.7. The van der Waals surface area contributed by atoms with E-state index in [0.717, 1.165) is 41.4 Å². The van der Waals surface area contributed by atoms with Gasteiger partial charge >= 0.3 is 0 Å². The van der Waals surface area contributed by atoms with Crippen LogP contribution in [0, 0.1) is 45.8 Å². The summed E-state index contributed by atoms with van der Waals surface area (Å²) >= 11 is 0. The van der Waals surface area contributed by atoms with Crippen molar-refractivity contribution < 1.29 is 5.11 Å². The average molecular weight is 345 g/mol. The second-order valence-electron chi connectivity index (χ2n) is 11.5. The predicted octanol–water partition coefficient (Wildman–Crippen LogP) is 6.20. The van der Waals surface area contributed by atoms with Crippen molar-refractivity contribution >= 4 is 0 Å². The molecule has 5 aliphatic rings. The van der Waals surface area contributed by atoms with Gasteiger partial charge < -0.3 is 5.11 Å². The number of rotatable bonds is 3. The molecule has 5 rings (SSSR count). The molecule has 5 saturated carbocycles. The molecular formula is C24H40O. The highest BCUT2D eigenvalue weighted by atomic mass is 16.2. The first-order valence-corrected chi connectivity index (χ1v) is 11.6. The van der Waals surface area contributed by atoms with E-state index in [1.54, 1.807) is 44.9 Å². The van der Waals surface area contributed by atoms with Crippen molar-refractivity contribution in [2.45, 2.75) is 97.3 Å². The van der Waals surface area contributed by atoms with Crippen LogP contribution in [0.25, 0.3) is 0 Å². The predicted molar refractivity (Wildman–Crippen MR) is 103 cm³/mol. The van der Waals surface area contributed by atoms with Crippen molar-refractivity contribution in [2.24, 2.45) is 45.8 Å². The molecule has 0 aromatic rings. The van der Waals surface area contributed by atoms with Gasteiger partial charge in [0.05, 0.1) is 0 Å². The highest BCUT2D eigenvalue weighted by Crippen LogP contribution is 2.71. The fraction of sp³-hybridized carbons (Fsp3) is 1.00. The van der Waals surface area contributed by atoms with Crippen LogP contribution in [0.3, 0.4) is 0 Å². The van der Waals surface area contributed by atoms with Crippen LogP contribution in [0.2, 0.25) is 0 Å². The third-order valence-corrected chi connectivity index (χ3v) is 10.8. The van der Waals surface area contributed by atoms with Crippen LogP contribution in [0.1, 0.15) is 97.3 Å². The topological polar surface area (TPSA) is 20.2 Å². The molecule has 5 aliphatic carbocycles. The minimum atomic E-state index is 0.394. The Kier molecular flexibility index (Phi) is 3.91. The minimum absolute atomic E-state index is 0.394. The molecule has 0 radical (unpaired) electrons. The first kappa shape index (κ1) is 17.1. The van der Waals surface area contributed by atoms with E-state index in [9.17, 15) is 5.11 Å². The van der Waals surface area contributed by atoms with E-state index < -0.39 is 0 Å². The van der Waals surface area contributed by atoms with Crippen LogP contribution in [0.5, 0.6) is 0 Å². The molecule has 0 aromatic carbocycles. The van der Waals surface area contributed by atoms with Crippen molar-refractivity contribution in [1.82, 2.24) is 0 Å². The molecule has 1 unspecified atom stereocenters. The molecule has 7 atom stereocenters. The van der Waals surface area contributed by atoms with Gasteiger partial charge in [-0.05, 0) is 129 Å². The summed E-state index contributed by atoms with van der Waals surface area (Å²) in [6.07, 6.45) is 19.2. The van der Waals surface area contributed by atoms with Crippen LogP contribution in [0.15, 0.2) is 0 Å². The molecule has 0 heterocycles. The summed E-state index contributed by atoms with van der Waals surface area (Å²) in [5, 5.41) is 9.30. The van der Waals surface area contributed by atoms with Gasteiger partial charge in [0.25, 0.3) is 0 Å². The lowest BCUT2D eigenvalue weighted by Crippen LogP contribution is -2.53. The van der Waals surface area contributed by atoms with Crippen molar-refractivity contribution in [2.75, 3.05) is 6.61 Å². The maximum Gasteiger partial charge on any atom is 0.0431 e. The summed E-state index contributed by atoms with van der Waals surface area (Å²) in [5.41, 5.74) is 2.12. The minimum Gasteiger partial charge on any atom is -0.396 e. The molecule has 0 amide bonds. The molecule has 1 nitrogen and oxygen atoms in total. The van der Waals surface area contributed by atoms with E-state index >= 15 is 0 Å². The lowest BCUT2D eigenvalue weighted by Gasteiger charge is -2.61. The fourth-order valence-electron chi connectivity index (χ4n) is 8.97. The fourth-order valence-corrected chi connectivity index (χ4v) is 8.97. The van der Waals surface area contributed by atoms with E-state index in [0.29, 0.717) is 17.4 Å². The van der Waals surface area contributed by atoms with Gasteiger partial charge in [-0.1, -0.05) is 13.8 Å². The van der Waals surface area contributed by atoms with Crippen LogP contribution in [-0.2, 0) is 0 Å². The standard InChI is InChI=1S/C24H40O/c1-22-10-9-21-19(20(22)8-6-17(22)4-3-15-25)7-5-18-16-24(13-14-24)12-11-23(18,21)2/h17-21,25H,3-16H2,1-2H3/t17-,18?,19+,20+,21+,22-,23+/m1/s1. The van der Waals surface area contributed by atoms with E-state index in [4.69, 9.17) is 0 Å². The molecule has 1 N–H and O–H groups in total. The largest absolute Gasteiger partial charge is 0.396 e. The Labute approximate surface area is 155 Å². The van der Waals surface area contributed by atoms with Crippen molar-refractivity contribution in [3.05, 3.63) is 0 Å². The highest BCUT2D eigenvalue weighted by Gasteiger charge is 2.62. The Balaban J connectivity index is 1.36. The summed E-state index contributed by atoms with van der Waals surface area (Å²) in [6.45, 7) is 5.77. The molecule has 0 saturated heterocycles. The highest BCUT2D eigenvalue weighted by molar-refractivity contribution is 5.12. The summed E-state index contributed by atoms with van der Waals surface area (Å²) in [5.74, 6) is 5.03. The van der Waals surface area contributed by atoms with Gasteiger partial charge in [0.15, 0.2) is 0 Å². The summed E-state index contributed by atoms with van der Waals surface area (Å²) in [7, 11) is 0. The molecule has 0 aliphatic heterocycles. The van der Waals surface area contributed by atoms with E-state index in [-0.39, 0.29) is 0 Å².